The third-order valence-corrected chi connectivity index (χ3v) is 9.75. The van der Waals surface area contributed by atoms with E-state index in [0.29, 0.717) is 48.7 Å². The second-order valence-corrected chi connectivity index (χ2v) is 15.1. The number of ether oxygens (including phenoxy) is 2. The molecule has 0 aliphatic carbocycles. The van der Waals surface area contributed by atoms with Gasteiger partial charge in [0.05, 0.1) is 11.8 Å². The SMILES string of the molecule is CC(C)(CCCS(=O)CCCS(=O)CCCC(C)(C)C(=O)OCc1ccccc1)CC(=O)OCc1ccccc1. The Morgan fingerprint density at radius 1 is 0.650 bits per heavy atom. The Morgan fingerprint density at radius 2 is 1.10 bits per heavy atom. The first-order chi connectivity index (χ1) is 19.0. The molecule has 8 heteroatoms. The maximum atomic E-state index is 12.5. The van der Waals surface area contributed by atoms with Gasteiger partial charge < -0.3 is 9.47 Å². The maximum absolute atomic E-state index is 12.5. The van der Waals surface area contributed by atoms with E-state index in [1.54, 1.807) is 0 Å². The lowest BCUT2D eigenvalue weighted by molar-refractivity contribution is -0.155. The van der Waals surface area contributed by atoms with Gasteiger partial charge in [0.2, 0.25) is 0 Å². The summed E-state index contributed by atoms with van der Waals surface area (Å²) in [5, 5.41) is 0. The van der Waals surface area contributed by atoms with Gasteiger partial charge in [-0.05, 0) is 62.5 Å². The van der Waals surface area contributed by atoms with Gasteiger partial charge in [-0.2, -0.15) is 0 Å². The standard InChI is InChI=1S/C32H46O6S2/c1-31(2,24-29(33)37-25-27-14-7-5-8-15-27)18-11-20-39(35)22-13-23-40(36)21-12-19-32(3,4)30(34)38-26-28-16-9-6-10-17-28/h5-10,14-17H,11-13,18-26H2,1-4H3. The van der Waals surface area contributed by atoms with Crippen LogP contribution in [0.3, 0.4) is 0 Å². The molecular weight excluding hydrogens is 544 g/mol. The molecule has 2 aromatic carbocycles. The number of hydrogen-bond donors (Lipinski definition) is 0. The molecular formula is C32H46O6S2. The largest absolute Gasteiger partial charge is 0.461 e. The minimum Gasteiger partial charge on any atom is -0.461 e. The molecule has 0 saturated carbocycles. The Kier molecular flexibility index (Phi) is 14.8. The Morgan fingerprint density at radius 3 is 1.62 bits per heavy atom. The van der Waals surface area contributed by atoms with Gasteiger partial charge in [-0.1, -0.05) is 74.5 Å². The summed E-state index contributed by atoms with van der Waals surface area (Å²) < 4.78 is 35.8. The van der Waals surface area contributed by atoms with Crippen molar-refractivity contribution in [3.05, 3.63) is 71.8 Å². The third-order valence-electron chi connectivity index (χ3n) is 6.77. The van der Waals surface area contributed by atoms with Crippen LogP contribution in [-0.4, -0.2) is 43.4 Å². The van der Waals surface area contributed by atoms with E-state index < -0.39 is 27.0 Å². The van der Waals surface area contributed by atoms with E-state index in [-0.39, 0.29) is 30.6 Å². The van der Waals surface area contributed by atoms with E-state index in [9.17, 15) is 18.0 Å². The van der Waals surface area contributed by atoms with Crippen molar-refractivity contribution in [2.75, 3.05) is 23.0 Å². The molecule has 0 spiro atoms. The summed E-state index contributed by atoms with van der Waals surface area (Å²) in [6.07, 6.45) is 3.81. The van der Waals surface area contributed by atoms with Gasteiger partial charge in [0.25, 0.3) is 0 Å². The normalized spacial score (nSPS) is 13.4. The third kappa shape index (κ3) is 14.4. The van der Waals surface area contributed by atoms with Crippen LogP contribution in [0.25, 0.3) is 0 Å². The molecule has 0 aliphatic heterocycles. The zero-order valence-electron chi connectivity index (χ0n) is 24.5. The summed E-state index contributed by atoms with van der Waals surface area (Å²) in [6.45, 7) is 8.33. The predicted molar refractivity (Wildman–Crippen MR) is 163 cm³/mol. The fourth-order valence-corrected chi connectivity index (χ4v) is 6.72. The molecule has 2 aromatic rings. The monoisotopic (exact) mass is 590 g/mol. The first-order valence-electron chi connectivity index (χ1n) is 14.1. The van der Waals surface area contributed by atoms with E-state index in [0.717, 1.165) is 24.0 Å². The highest BCUT2D eigenvalue weighted by atomic mass is 32.2. The van der Waals surface area contributed by atoms with Gasteiger partial charge >= 0.3 is 11.9 Å². The van der Waals surface area contributed by atoms with E-state index in [2.05, 4.69) is 0 Å². The maximum Gasteiger partial charge on any atom is 0.311 e. The molecule has 0 heterocycles. The van der Waals surface area contributed by atoms with Crippen molar-refractivity contribution in [2.45, 2.75) is 79.4 Å². The Balaban J connectivity index is 1.54. The van der Waals surface area contributed by atoms with E-state index in [4.69, 9.17) is 9.47 Å². The molecule has 222 valence electrons. The molecule has 0 N–H and O–H groups in total. The molecule has 6 nitrogen and oxygen atoms in total. The number of benzene rings is 2. The van der Waals surface area contributed by atoms with Gasteiger partial charge in [0.15, 0.2) is 0 Å². The number of hydrogen-bond acceptors (Lipinski definition) is 6. The van der Waals surface area contributed by atoms with Crippen molar-refractivity contribution >= 4 is 33.5 Å². The van der Waals surface area contributed by atoms with E-state index in [1.807, 2.05) is 88.4 Å². The number of carbonyl (C=O) groups is 2. The van der Waals surface area contributed by atoms with Crippen molar-refractivity contribution in [3.63, 3.8) is 0 Å². The first-order valence-corrected chi connectivity index (χ1v) is 17.1. The van der Waals surface area contributed by atoms with Crippen LogP contribution in [0.1, 0.15) is 77.3 Å². The predicted octanol–water partition coefficient (Wildman–Crippen LogP) is 6.36. The van der Waals surface area contributed by atoms with Gasteiger partial charge in [-0.25, -0.2) is 0 Å². The van der Waals surface area contributed by atoms with Crippen molar-refractivity contribution in [3.8, 4) is 0 Å². The first kappa shape index (κ1) is 33.9. The summed E-state index contributed by atoms with van der Waals surface area (Å²) in [5.41, 5.74) is 1.06. The van der Waals surface area contributed by atoms with Crippen LogP contribution < -0.4 is 0 Å². The van der Waals surface area contributed by atoms with E-state index >= 15 is 0 Å². The van der Waals surface area contributed by atoms with Crippen LogP contribution >= 0.6 is 0 Å². The van der Waals surface area contributed by atoms with Crippen LogP contribution in [0.4, 0.5) is 0 Å². The van der Waals surface area contributed by atoms with E-state index in [1.165, 1.54) is 0 Å². The summed E-state index contributed by atoms with van der Waals surface area (Å²) in [5.74, 6) is 1.69. The summed E-state index contributed by atoms with van der Waals surface area (Å²) in [4.78, 5) is 24.7. The van der Waals surface area contributed by atoms with Crippen molar-refractivity contribution < 1.29 is 27.5 Å². The van der Waals surface area contributed by atoms with Crippen LogP contribution in [0.2, 0.25) is 0 Å². The average molecular weight is 591 g/mol. The molecule has 0 bridgehead atoms. The Labute approximate surface area is 245 Å². The van der Waals surface area contributed by atoms with Gasteiger partial charge in [0.1, 0.15) is 13.2 Å². The summed E-state index contributed by atoms with van der Waals surface area (Å²) >= 11 is 0. The van der Waals surface area contributed by atoms with Crippen LogP contribution in [0, 0.1) is 10.8 Å². The van der Waals surface area contributed by atoms with Crippen molar-refractivity contribution in [1.29, 1.82) is 0 Å². The Hall–Kier alpha value is -2.32. The molecule has 2 rings (SSSR count). The van der Waals surface area contributed by atoms with Crippen LogP contribution in [0.15, 0.2) is 60.7 Å². The molecule has 0 radical (unpaired) electrons. The molecule has 2 atom stereocenters. The molecule has 40 heavy (non-hydrogen) atoms. The minimum absolute atomic E-state index is 0.218. The number of carbonyl (C=O) groups excluding carboxylic acids is 2. The smallest absolute Gasteiger partial charge is 0.311 e. The average Bonchev–Trinajstić information content (AvgIpc) is 2.91. The quantitative estimate of drug-likeness (QED) is 0.177. The molecule has 2 unspecified atom stereocenters. The van der Waals surface area contributed by atoms with Crippen LogP contribution in [-0.2, 0) is 53.9 Å². The zero-order valence-corrected chi connectivity index (χ0v) is 26.2. The van der Waals surface area contributed by atoms with Crippen molar-refractivity contribution in [1.82, 2.24) is 0 Å². The molecule has 0 fully saturated rings. The Bertz CT molecular complexity index is 1080. The lowest BCUT2D eigenvalue weighted by Gasteiger charge is -2.23. The summed E-state index contributed by atoms with van der Waals surface area (Å²) in [6, 6.07) is 19.2. The molecule has 0 saturated heterocycles. The second kappa shape index (κ2) is 17.5. The van der Waals surface area contributed by atoms with Gasteiger partial charge in [-0.3, -0.25) is 18.0 Å². The van der Waals surface area contributed by atoms with Crippen molar-refractivity contribution in [2.24, 2.45) is 10.8 Å². The molecule has 0 aliphatic rings. The zero-order chi connectivity index (χ0) is 29.4. The summed E-state index contributed by atoms with van der Waals surface area (Å²) in [7, 11) is -1.97. The number of esters is 2. The highest BCUT2D eigenvalue weighted by Gasteiger charge is 2.29. The highest BCUT2D eigenvalue weighted by Crippen LogP contribution is 2.28. The fraction of sp³-hybridized carbons (Fsp3) is 0.562. The lowest BCUT2D eigenvalue weighted by atomic mass is 9.85. The lowest BCUT2D eigenvalue weighted by Crippen LogP contribution is -2.27. The highest BCUT2D eigenvalue weighted by molar-refractivity contribution is 7.85. The number of rotatable bonds is 19. The van der Waals surface area contributed by atoms with Gasteiger partial charge in [-0.15, -0.1) is 0 Å². The van der Waals surface area contributed by atoms with Crippen LogP contribution in [0.5, 0.6) is 0 Å². The molecule has 0 amide bonds. The topological polar surface area (TPSA) is 86.7 Å². The van der Waals surface area contributed by atoms with Gasteiger partial charge in [0, 0.05) is 44.6 Å². The fourth-order valence-electron chi connectivity index (χ4n) is 4.26. The second-order valence-electron chi connectivity index (χ2n) is 11.7. The minimum atomic E-state index is -0.998. The molecule has 0 aromatic heterocycles.